The van der Waals surface area contributed by atoms with Gasteiger partial charge in [-0.05, 0) is 30.9 Å². The number of methoxy groups -OCH3 is 2. The Kier molecular flexibility index (Phi) is 5.24. The van der Waals surface area contributed by atoms with E-state index in [1.807, 2.05) is 42.2 Å². The number of aryl methyl sites for hydroxylation is 1. The van der Waals surface area contributed by atoms with Gasteiger partial charge >= 0.3 is 0 Å². The summed E-state index contributed by atoms with van der Waals surface area (Å²) in [6.45, 7) is 4.74. The van der Waals surface area contributed by atoms with Crippen molar-refractivity contribution in [2.24, 2.45) is 5.92 Å². The lowest BCUT2D eigenvalue weighted by molar-refractivity contribution is 0.0713. The quantitative estimate of drug-likeness (QED) is 0.502. The third-order valence-corrected chi connectivity index (χ3v) is 6.35. The third kappa shape index (κ3) is 3.49. The van der Waals surface area contributed by atoms with E-state index in [1.165, 1.54) is 4.80 Å². The topological polar surface area (TPSA) is 98.2 Å². The number of hydrogen-bond donors (Lipinski definition) is 1. The standard InChI is InChI=1S/C24H26N6O3/c1-14-6-5-7-18(30-25-9-10-26-30)21(14)24(31)29-11-8-15(2)22(29)23-27-16-12-19(32-3)20(33-4)13-17(16)28-23/h5-7,9-10,12-13,15,22H,8,11H2,1-4H3,(H,27,28)/t15-,22-/m0/s1. The number of H-pyrrole nitrogens is 1. The molecule has 0 radical (unpaired) electrons. The van der Waals surface area contributed by atoms with Crippen LogP contribution < -0.4 is 9.47 Å². The summed E-state index contributed by atoms with van der Waals surface area (Å²) in [6.07, 6.45) is 4.10. The summed E-state index contributed by atoms with van der Waals surface area (Å²) in [5.41, 5.74) is 3.76. The maximum absolute atomic E-state index is 13.9. The molecule has 1 N–H and O–H groups in total. The van der Waals surface area contributed by atoms with Crippen molar-refractivity contribution in [3.63, 3.8) is 0 Å². The van der Waals surface area contributed by atoms with Crippen LogP contribution >= 0.6 is 0 Å². The van der Waals surface area contributed by atoms with Crippen LogP contribution in [0.4, 0.5) is 0 Å². The lowest BCUT2D eigenvalue weighted by Gasteiger charge is -2.27. The summed E-state index contributed by atoms with van der Waals surface area (Å²) in [6, 6.07) is 9.26. The van der Waals surface area contributed by atoms with E-state index in [1.54, 1.807) is 26.6 Å². The normalized spacial score (nSPS) is 18.1. The molecular formula is C24H26N6O3. The fourth-order valence-electron chi connectivity index (χ4n) is 4.67. The Morgan fingerprint density at radius 2 is 1.85 bits per heavy atom. The first kappa shape index (κ1) is 21.0. The van der Waals surface area contributed by atoms with E-state index >= 15 is 0 Å². The molecule has 0 saturated carbocycles. The predicted molar refractivity (Wildman–Crippen MR) is 123 cm³/mol. The van der Waals surface area contributed by atoms with Crippen molar-refractivity contribution in [2.75, 3.05) is 20.8 Å². The number of aromatic nitrogens is 5. The van der Waals surface area contributed by atoms with Crippen molar-refractivity contribution >= 4 is 16.9 Å². The highest BCUT2D eigenvalue weighted by molar-refractivity contribution is 5.99. The molecule has 170 valence electrons. The van der Waals surface area contributed by atoms with Gasteiger partial charge in [0.05, 0.1) is 54.9 Å². The number of aromatic amines is 1. The first-order valence-corrected chi connectivity index (χ1v) is 10.9. The fourth-order valence-corrected chi connectivity index (χ4v) is 4.67. The molecule has 2 atom stereocenters. The highest BCUT2D eigenvalue weighted by atomic mass is 16.5. The summed E-state index contributed by atoms with van der Waals surface area (Å²) >= 11 is 0. The van der Waals surface area contributed by atoms with Crippen molar-refractivity contribution < 1.29 is 14.3 Å². The Hall–Kier alpha value is -3.88. The van der Waals surface area contributed by atoms with Gasteiger partial charge in [0.1, 0.15) is 5.82 Å². The summed E-state index contributed by atoms with van der Waals surface area (Å²) in [5, 5.41) is 8.49. The monoisotopic (exact) mass is 446 g/mol. The molecule has 0 unspecified atom stereocenters. The molecule has 1 fully saturated rings. The molecule has 0 bridgehead atoms. The molecule has 3 heterocycles. The lowest BCUT2D eigenvalue weighted by Crippen LogP contribution is -2.33. The number of nitrogens with zero attached hydrogens (tertiary/aromatic N) is 5. The van der Waals surface area contributed by atoms with Gasteiger partial charge in [0.2, 0.25) is 0 Å². The van der Waals surface area contributed by atoms with Crippen molar-refractivity contribution in [3.05, 3.63) is 59.7 Å². The van der Waals surface area contributed by atoms with Gasteiger partial charge in [-0.1, -0.05) is 19.1 Å². The van der Waals surface area contributed by atoms with E-state index in [-0.39, 0.29) is 17.9 Å². The minimum Gasteiger partial charge on any atom is -0.493 e. The van der Waals surface area contributed by atoms with Crippen LogP contribution in [0, 0.1) is 12.8 Å². The van der Waals surface area contributed by atoms with Crippen LogP contribution in [-0.2, 0) is 0 Å². The number of amides is 1. The van der Waals surface area contributed by atoms with Gasteiger partial charge in [-0.3, -0.25) is 4.79 Å². The largest absolute Gasteiger partial charge is 0.493 e. The number of nitrogens with one attached hydrogen (secondary N) is 1. The number of hydrogen-bond acceptors (Lipinski definition) is 6. The zero-order chi connectivity index (χ0) is 23.1. The number of ether oxygens (including phenoxy) is 2. The van der Waals surface area contributed by atoms with Crippen LogP contribution in [0.2, 0.25) is 0 Å². The summed E-state index contributed by atoms with van der Waals surface area (Å²) < 4.78 is 10.8. The second kappa shape index (κ2) is 8.23. The van der Waals surface area contributed by atoms with Crippen LogP contribution in [0.15, 0.2) is 42.7 Å². The number of rotatable bonds is 5. The molecule has 1 saturated heterocycles. The number of benzene rings is 2. The number of carbonyl (C=O) groups is 1. The molecule has 1 amide bonds. The smallest absolute Gasteiger partial charge is 0.257 e. The molecule has 2 aromatic carbocycles. The van der Waals surface area contributed by atoms with Gasteiger partial charge in [-0.15, -0.1) is 0 Å². The van der Waals surface area contributed by atoms with Gasteiger partial charge in [0.25, 0.3) is 5.91 Å². The molecule has 1 aliphatic heterocycles. The molecule has 33 heavy (non-hydrogen) atoms. The van der Waals surface area contributed by atoms with Crippen molar-refractivity contribution in [1.82, 2.24) is 29.9 Å². The van der Waals surface area contributed by atoms with E-state index in [0.29, 0.717) is 29.3 Å². The summed E-state index contributed by atoms with van der Waals surface area (Å²) in [5.74, 6) is 2.19. The number of fused-ring (bicyclic) bond motifs is 1. The van der Waals surface area contributed by atoms with Gasteiger partial charge in [0.15, 0.2) is 11.5 Å². The Balaban J connectivity index is 1.56. The molecular weight excluding hydrogens is 420 g/mol. The molecule has 9 heteroatoms. The van der Waals surface area contributed by atoms with Crippen molar-refractivity contribution in [1.29, 1.82) is 0 Å². The molecule has 1 aliphatic rings. The van der Waals surface area contributed by atoms with Crippen LogP contribution in [-0.4, -0.2) is 56.5 Å². The number of likely N-dealkylation sites (tertiary alicyclic amines) is 1. The van der Waals surface area contributed by atoms with Crippen LogP contribution in [0.1, 0.15) is 41.1 Å². The molecule has 2 aromatic heterocycles. The van der Waals surface area contributed by atoms with E-state index in [2.05, 4.69) is 22.1 Å². The Morgan fingerprint density at radius 1 is 1.12 bits per heavy atom. The van der Waals surface area contributed by atoms with Gasteiger partial charge in [-0.25, -0.2) is 4.98 Å². The van der Waals surface area contributed by atoms with Gasteiger partial charge in [0, 0.05) is 18.7 Å². The molecule has 5 rings (SSSR count). The van der Waals surface area contributed by atoms with Crippen LogP contribution in [0.3, 0.4) is 0 Å². The zero-order valence-corrected chi connectivity index (χ0v) is 19.1. The summed E-state index contributed by atoms with van der Waals surface area (Å²) in [4.78, 5) is 25.6. The SMILES string of the molecule is COc1cc2nc([C@@H]3[C@@H](C)CCN3C(=O)c3c(C)cccc3-n3nccn3)[nH]c2cc1OC. The molecule has 0 aliphatic carbocycles. The highest BCUT2D eigenvalue weighted by Gasteiger charge is 2.39. The van der Waals surface area contributed by atoms with Crippen molar-refractivity contribution in [2.45, 2.75) is 26.3 Å². The van der Waals surface area contributed by atoms with E-state index in [9.17, 15) is 4.79 Å². The molecule has 0 spiro atoms. The molecule has 4 aromatic rings. The second-order valence-corrected chi connectivity index (χ2v) is 8.34. The predicted octanol–water partition coefficient (Wildman–Crippen LogP) is 3.69. The zero-order valence-electron chi connectivity index (χ0n) is 19.1. The maximum atomic E-state index is 13.9. The summed E-state index contributed by atoms with van der Waals surface area (Å²) in [7, 11) is 3.21. The Bertz CT molecular complexity index is 1270. The van der Waals surface area contributed by atoms with Crippen LogP contribution in [0.25, 0.3) is 16.7 Å². The minimum absolute atomic E-state index is 0.0506. The first-order valence-electron chi connectivity index (χ1n) is 10.9. The van der Waals surface area contributed by atoms with Gasteiger partial charge < -0.3 is 19.4 Å². The van der Waals surface area contributed by atoms with E-state index in [0.717, 1.165) is 28.8 Å². The lowest BCUT2D eigenvalue weighted by atomic mass is 10.0. The minimum atomic E-state index is -0.181. The second-order valence-electron chi connectivity index (χ2n) is 8.34. The average Bonchev–Trinajstić information content (AvgIpc) is 3.56. The number of carbonyl (C=O) groups excluding carboxylic acids is 1. The van der Waals surface area contributed by atoms with Gasteiger partial charge in [-0.2, -0.15) is 15.0 Å². The van der Waals surface area contributed by atoms with E-state index in [4.69, 9.17) is 14.5 Å². The third-order valence-electron chi connectivity index (χ3n) is 6.35. The van der Waals surface area contributed by atoms with Crippen molar-refractivity contribution in [3.8, 4) is 17.2 Å². The highest BCUT2D eigenvalue weighted by Crippen LogP contribution is 2.39. The average molecular weight is 447 g/mol. The Labute approximate surface area is 191 Å². The first-order chi connectivity index (χ1) is 16.0. The fraction of sp³-hybridized carbons (Fsp3) is 0.333. The van der Waals surface area contributed by atoms with E-state index < -0.39 is 0 Å². The maximum Gasteiger partial charge on any atom is 0.257 e. The number of imidazole rings is 1. The van der Waals surface area contributed by atoms with Crippen LogP contribution in [0.5, 0.6) is 11.5 Å². The molecule has 9 nitrogen and oxygen atoms in total. The Morgan fingerprint density at radius 3 is 2.58 bits per heavy atom.